The van der Waals surface area contributed by atoms with Gasteiger partial charge >= 0.3 is 12.1 Å². The average molecular weight is 275 g/mol. The molecule has 1 heterocycles. The van der Waals surface area contributed by atoms with Crippen LogP contribution in [0.4, 0.5) is 4.79 Å². The summed E-state index contributed by atoms with van der Waals surface area (Å²) in [7, 11) is 1.34. The summed E-state index contributed by atoms with van der Waals surface area (Å²) in [5.41, 5.74) is -1.51. The fraction of sp³-hybridized carbons (Fsp3) is 0.833. The lowest BCUT2D eigenvalue weighted by Gasteiger charge is -2.35. The third kappa shape index (κ3) is 4.08. The van der Waals surface area contributed by atoms with Crippen LogP contribution in [0.1, 0.15) is 33.6 Å². The van der Waals surface area contributed by atoms with Gasteiger partial charge in [0.05, 0.1) is 7.11 Å². The Bertz CT molecular complexity index is 319. The zero-order valence-electron chi connectivity index (χ0n) is 11.4. The topological polar surface area (TPSA) is 64.6 Å². The van der Waals surface area contributed by atoms with Crippen molar-refractivity contribution in [3.8, 4) is 0 Å². The van der Waals surface area contributed by atoms with Crippen LogP contribution in [0.3, 0.4) is 0 Å². The Kier molecular flexibility index (Phi) is 4.90. The van der Waals surface area contributed by atoms with Gasteiger partial charge in [-0.2, -0.15) is 11.8 Å². The van der Waals surface area contributed by atoms with E-state index in [2.05, 4.69) is 5.32 Å². The second-order valence-electron chi connectivity index (χ2n) is 5.31. The minimum Gasteiger partial charge on any atom is -0.467 e. The smallest absolute Gasteiger partial charge is 0.408 e. The third-order valence-corrected chi connectivity index (χ3v) is 3.65. The first kappa shape index (κ1) is 15.1. The Hall–Kier alpha value is -0.910. The lowest BCUT2D eigenvalue weighted by molar-refractivity contribution is -0.149. The molecular weight excluding hydrogens is 254 g/mol. The number of rotatable bonds is 2. The van der Waals surface area contributed by atoms with Crippen LogP contribution in [0, 0.1) is 0 Å². The molecule has 1 saturated heterocycles. The quantitative estimate of drug-likeness (QED) is 0.780. The van der Waals surface area contributed by atoms with Crippen molar-refractivity contribution in [3.05, 3.63) is 0 Å². The Balaban J connectivity index is 2.73. The maximum absolute atomic E-state index is 11.9. The summed E-state index contributed by atoms with van der Waals surface area (Å²) in [6.45, 7) is 5.36. The van der Waals surface area contributed by atoms with Gasteiger partial charge < -0.3 is 14.8 Å². The van der Waals surface area contributed by atoms with E-state index in [9.17, 15) is 9.59 Å². The average Bonchev–Trinajstić information content (AvgIpc) is 2.26. The first-order chi connectivity index (χ1) is 8.29. The van der Waals surface area contributed by atoms with E-state index < -0.39 is 23.2 Å². The zero-order valence-corrected chi connectivity index (χ0v) is 12.2. The number of amides is 1. The molecule has 0 atom stereocenters. The number of hydrogen-bond acceptors (Lipinski definition) is 5. The van der Waals surface area contributed by atoms with Crippen LogP contribution >= 0.6 is 11.8 Å². The summed E-state index contributed by atoms with van der Waals surface area (Å²) in [5.74, 6) is 1.25. The van der Waals surface area contributed by atoms with E-state index in [1.165, 1.54) is 7.11 Å². The van der Waals surface area contributed by atoms with Crippen molar-refractivity contribution in [2.45, 2.75) is 44.8 Å². The van der Waals surface area contributed by atoms with E-state index in [1.807, 2.05) is 0 Å². The van der Waals surface area contributed by atoms with Crippen molar-refractivity contribution in [2.24, 2.45) is 0 Å². The Morgan fingerprint density at radius 2 is 1.78 bits per heavy atom. The molecule has 0 bridgehead atoms. The molecule has 1 amide bonds. The molecule has 0 radical (unpaired) electrons. The SMILES string of the molecule is COC(=O)C1(NC(=O)OC(C)(C)C)CCSCC1. The van der Waals surface area contributed by atoms with Gasteiger partial charge in [0.15, 0.2) is 0 Å². The van der Waals surface area contributed by atoms with E-state index in [4.69, 9.17) is 9.47 Å². The summed E-state index contributed by atoms with van der Waals surface area (Å²) in [6.07, 6.45) is 0.576. The zero-order chi connectivity index (χ0) is 13.8. The lowest BCUT2D eigenvalue weighted by atomic mass is 9.92. The van der Waals surface area contributed by atoms with Crippen molar-refractivity contribution in [2.75, 3.05) is 18.6 Å². The van der Waals surface area contributed by atoms with Gasteiger partial charge in [-0.05, 0) is 45.1 Å². The molecule has 0 unspecified atom stereocenters. The molecule has 1 fully saturated rings. The molecule has 0 spiro atoms. The molecule has 0 aromatic carbocycles. The molecule has 0 aromatic rings. The standard InChI is InChI=1S/C12H21NO4S/c1-11(2,3)17-10(15)13-12(9(14)16-4)5-7-18-8-6-12/h5-8H2,1-4H3,(H,13,15). The van der Waals surface area contributed by atoms with Crippen LogP contribution < -0.4 is 5.32 Å². The number of hydrogen-bond donors (Lipinski definition) is 1. The van der Waals surface area contributed by atoms with E-state index in [1.54, 1.807) is 32.5 Å². The third-order valence-electron chi connectivity index (χ3n) is 2.66. The van der Waals surface area contributed by atoms with Gasteiger partial charge in [-0.15, -0.1) is 0 Å². The van der Waals surface area contributed by atoms with Crippen LogP contribution in [0.15, 0.2) is 0 Å². The molecule has 18 heavy (non-hydrogen) atoms. The minimum absolute atomic E-state index is 0.395. The molecule has 1 N–H and O–H groups in total. The first-order valence-corrected chi connectivity index (χ1v) is 7.12. The largest absolute Gasteiger partial charge is 0.467 e. The molecule has 0 saturated carbocycles. The van der Waals surface area contributed by atoms with Gasteiger partial charge in [0.1, 0.15) is 11.1 Å². The predicted molar refractivity (Wildman–Crippen MR) is 70.7 cm³/mol. The van der Waals surface area contributed by atoms with Crippen LogP contribution in [-0.4, -0.2) is 41.8 Å². The number of methoxy groups -OCH3 is 1. The number of nitrogens with one attached hydrogen (secondary N) is 1. The highest BCUT2D eigenvalue weighted by Gasteiger charge is 2.43. The summed E-state index contributed by atoms with van der Waals surface area (Å²) >= 11 is 1.77. The molecular formula is C12H21NO4S. The highest BCUT2D eigenvalue weighted by Crippen LogP contribution is 2.28. The fourth-order valence-corrected chi connectivity index (χ4v) is 2.98. The van der Waals surface area contributed by atoms with Crippen molar-refractivity contribution < 1.29 is 19.1 Å². The Morgan fingerprint density at radius 3 is 2.22 bits per heavy atom. The number of ether oxygens (including phenoxy) is 2. The predicted octanol–water partition coefficient (Wildman–Crippen LogP) is 1.95. The summed E-state index contributed by atoms with van der Waals surface area (Å²) < 4.78 is 10.0. The van der Waals surface area contributed by atoms with Crippen LogP contribution in [-0.2, 0) is 14.3 Å². The maximum Gasteiger partial charge on any atom is 0.408 e. The van der Waals surface area contributed by atoms with Gasteiger partial charge in [-0.3, -0.25) is 0 Å². The van der Waals surface area contributed by atoms with Crippen LogP contribution in [0.2, 0.25) is 0 Å². The molecule has 1 aliphatic rings. The molecule has 1 aliphatic heterocycles. The first-order valence-electron chi connectivity index (χ1n) is 5.96. The molecule has 0 aromatic heterocycles. The van der Waals surface area contributed by atoms with E-state index in [-0.39, 0.29) is 0 Å². The molecule has 104 valence electrons. The van der Waals surface area contributed by atoms with Crippen LogP contribution in [0.5, 0.6) is 0 Å². The second kappa shape index (κ2) is 5.82. The number of thioether (sulfide) groups is 1. The van der Waals surface area contributed by atoms with Gasteiger partial charge in [0.2, 0.25) is 0 Å². The summed E-state index contributed by atoms with van der Waals surface area (Å²) in [4.78, 5) is 23.7. The van der Waals surface area contributed by atoms with E-state index in [0.29, 0.717) is 12.8 Å². The molecule has 0 aliphatic carbocycles. The highest BCUT2D eigenvalue weighted by molar-refractivity contribution is 7.99. The minimum atomic E-state index is -0.928. The Labute approximate surface area is 112 Å². The Morgan fingerprint density at radius 1 is 1.22 bits per heavy atom. The van der Waals surface area contributed by atoms with Crippen LogP contribution in [0.25, 0.3) is 0 Å². The van der Waals surface area contributed by atoms with Crippen molar-refractivity contribution in [3.63, 3.8) is 0 Å². The van der Waals surface area contributed by atoms with E-state index in [0.717, 1.165) is 11.5 Å². The van der Waals surface area contributed by atoms with Gasteiger partial charge in [0, 0.05) is 0 Å². The maximum atomic E-state index is 11.9. The fourth-order valence-electron chi connectivity index (χ4n) is 1.79. The summed E-state index contributed by atoms with van der Waals surface area (Å²) in [6, 6.07) is 0. The van der Waals surface area contributed by atoms with Crippen molar-refractivity contribution >= 4 is 23.8 Å². The highest BCUT2D eigenvalue weighted by atomic mass is 32.2. The van der Waals surface area contributed by atoms with Crippen molar-refractivity contribution in [1.82, 2.24) is 5.32 Å². The molecule has 5 nitrogen and oxygen atoms in total. The van der Waals surface area contributed by atoms with Gasteiger partial charge in [-0.1, -0.05) is 0 Å². The monoisotopic (exact) mass is 275 g/mol. The summed E-state index contributed by atoms with van der Waals surface area (Å²) in [5, 5.41) is 2.69. The normalized spacial score (nSPS) is 18.9. The van der Waals surface area contributed by atoms with E-state index >= 15 is 0 Å². The molecule has 6 heteroatoms. The number of esters is 1. The number of carbonyl (C=O) groups excluding carboxylic acids is 2. The number of carbonyl (C=O) groups is 2. The molecule has 1 rings (SSSR count). The lowest BCUT2D eigenvalue weighted by Crippen LogP contribution is -2.57. The number of alkyl carbamates (subject to hydrolysis) is 1. The van der Waals surface area contributed by atoms with Crippen molar-refractivity contribution in [1.29, 1.82) is 0 Å². The van der Waals surface area contributed by atoms with Gasteiger partial charge in [0.25, 0.3) is 0 Å². The second-order valence-corrected chi connectivity index (χ2v) is 6.54. The van der Waals surface area contributed by atoms with Gasteiger partial charge in [-0.25, -0.2) is 9.59 Å².